The highest BCUT2D eigenvalue weighted by molar-refractivity contribution is 14.0. The first-order valence-corrected chi connectivity index (χ1v) is 11.2. The summed E-state index contributed by atoms with van der Waals surface area (Å²) in [6.07, 6.45) is 5.73. The summed E-state index contributed by atoms with van der Waals surface area (Å²) in [7, 11) is 4.02. The van der Waals surface area contributed by atoms with Crippen LogP contribution >= 0.6 is 24.0 Å². The fourth-order valence-electron chi connectivity index (χ4n) is 4.07. The Balaban J connectivity index is 0.00000320. The molecule has 1 aromatic rings. The number of guanidine groups is 1. The Kier molecular flexibility index (Phi) is 11.2. The molecule has 2 aliphatic heterocycles. The van der Waals surface area contributed by atoms with E-state index in [1.54, 1.807) is 0 Å². The largest absolute Gasteiger partial charge is 0.356 e. The third-order valence-electron chi connectivity index (χ3n) is 6.16. The number of likely N-dealkylation sites (N-methyl/N-ethyl adjacent to an activating group) is 1. The lowest BCUT2D eigenvalue weighted by Gasteiger charge is -2.34. The van der Waals surface area contributed by atoms with Gasteiger partial charge < -0.3 is 25.3 Å². The van der Waals surface area contributed by atoms with Gasteiger partial charge in [-0.2, -0.15) is 0 Å². The van der Waals surface area contributed by atoms with Gasteiger partial charge in [0.15, 0.2) is 5.96 Å². The quantitative estimate of drug-likeness (QED) is 0.245. The normalized spacial score (nSPS) is 19.4. The molecule has 2 saturated heterocycles. The second-order valence-electron chi connectivity index (χ2n) is 8.51. The van der Waals surface area contributed by atoms with Crippen LogP contribution in [-0.4, -0.2) is 87.2 Å². The van der Waals surface area contributed by atoms with E-state index in [0.717, 1.165) is 63.4 Å². The van der Waals surface area contributed by atoms with E-state index in [4.69, 9.17) is 0 Å². The highest BCUT2D eigenvalue weighted by Gasteiger charge is 2.18. The fraction of sp³-hybridized carbons (Fsp3) is 0.727. The van der Waals surface area contributed by atoms with Crippen LogP contribution < -0.4 is 15.5 Å². The predicted molar refractivity (Wildman–Crippen MR) is 137 cm³/mol. The SMILES string of the molecule is CN=C(NCCCN1CCC(C)CC1)NCc1cccnc1N1CCN(C)CC1.I. The van der Waals surface area contributed by atoms with Gasteiger partial charge in [0, 0.05) is 58.1 Å². The maximum Gasteiger partial charge on any atom is 0.191 e. The van der Waals surface area contributed by atoms with Gasteiger partial charge in [0.05, 0.1) is 0 Å². The van der Waals surface area contributed by atoms with E-state index in [2.05, 4.69) is 55.3 Å². The molecule has 170 valence electrons. The average Bonchev–Trinajstić information content (AvgIpc) is 2.75. The van der Waals surface area contributed by atoms with E-state index in [-0.39, 0.29) is 24.0 Å². The molecular formula is C22H40IN7. The summed E-state index contributed by atoms with van der Waals surface area (Å²) in [6.45, 7) is 12.0. The van der Waals surface area contributed by atoms with Gasteiger partial charge in [-0.15, -0.1) is 24.0 Å². The summed E-state index contributed by atoms with van der Waals surface area (Å²) >= 11 is 0. The van der Waals surface area contributed by atoms with Crippen molar-refractivity contribution in [1.82, 2.24) is 25.4 Å². The number of aliphatic imine (C=N–C) groups is 1. The number of rotatable bonds is 7. The zero-order valence-corrected chi connectivity index (χ0v) is 21.3. The monoisotopic (exact) mass is 529 g/mol. The molecule has 0 saturated carbocycles. The number of aromatic nitrogens is 1. The Hall–Kier alpha value is -1.13. The number of hydrogen-bond acceptors (Lipinski definition) is 5. The van der Waals surface area contributed by atoms with E-state index in [0.29, 0.717) is 0 Å². The molecule has 0 atom stereocenters. The number of piperazine rings is 1. The molecule has 2 N–H and O–H groups in total. The van der Waals surface area contributed by atoms with E-state index < -0.39 is 0 Å². The molecule has 0 spiro atoms. The minimum atomic E-state index is 0. The molecule has 8 heteroatoms. The lowest BCUT2D eigenvalue weighted by Crippen LogP contribution is -2.45. The van der Waals surface area contributed by atoms with Crippen molar-refractivity contribution in [3.8, 4) is 0 Å². The number of anilines is 1. The lowest BCUT2D eigenvalue weighted by molar-refractivity contribution is 0.191. The van der Waals surface area contributed by atoms with Crippen LogP contribution in [0.3, 0.4) is 0 Å². The third kappa shape index (κ3) is 7.85. The number of nitrogens with zero attached hydrogens (tertiary/aromatic N) is 5. The van der Waals surface area contributed by atoms with Crippen molar-refractivity contribution in [1.29, 1.82) is 0 Å². The van der Waals surface area contributed by atoms with Gasteiger partial charge in [0.2, 0.25) is 0 Å². The highest BCUT2D eigenvalue weighted by Crippen LogP contribution is 2.18. The topological polar surface area (TPSA) is 59.0 Å². The molecule has 3 rings (SSSR count). The van der Waals surface area contributed by atoms with E-state index >= 15 is 0 Å². The Bertz CT molecular complexity index is 638. The smallest absolute Gasteiger partial charge is 0.191 e. The van der Waals surface area contributed by atoms with Gasteiger partial charge >= 0.3 is 0 Å². The van der Waals surface area contributed by atoms with E-state index in [9.17, 15) is 0 Å². The Morgan fingerprint density at radius 1 is 1.13 bits per heavy atom. The van der Waals surface area contributed by atoms with Crippen LogP contribution in [0.1, 0.15) is 31.7 Å². The second-order valence-corrected chi connectivity index (χ2v) is 8.51. The molecule has 30 heavy (non-hydrogen) atoms. The summed E-state index contributed by atoms with van der Waals surface area (Å²) in [5.41, 5.74) is 1.22. The van der Waals surface area contributed by atoms with Gasteiger partial charge in [0.25, 0.3) is 0 Å². The van der Waals surface area contributed by atoms with Crippen LogP contribution in [0, 0.1) is 5.92 Å². The fourth-order valence-corrected chi connectivity index (χ4v) is 4.07. The average molecular weight is 530 g/mol. The van der Waals surface area contributed by atoms with Crippen LogP contribution in [0.15, 0.2) is 23.3 Å². The Morgan fingerprint density at radius 2 is 1.87 bits per heavy atom. The third-order valence-corrected chi connectivity index (χ3v) is 6.16. The number of pyridine rings is 1. The summed E-state index contributed by atoms with van der Waals surface area (Å²) in [4.78, 5) is 16.4. The number of piperidine rings is 1. The van der Waals surface area contributed by atoms with Crippen LogP contribution in [0.2, 0.25) is 0 Å². The molecule has 0 bridgehead atoms. The predicted octanol–water partition coefficient (Wildman–Crippen LogP) is 2.24. The maximum atomic E-state index is 4.67. The van der Waals surface area contributed by atoms with Crippen molar-refractivity contribution in [2.24, 2.45) is 10.9 Å². The van der Waals surface area contributed by atoms with Gasteiger partial charge in [-0.3, -0.25) is 4.99 Å². The second kappa shape index (κ2) is 13.3. The highest BCUT2D eigenvalue weighted by atomic mass is 127. The zero-order valence-electron chi connectivity index (χ0n) is 18.9. The molecule has 0 aliphatic carbocycles. The van der Waals surface area contributed by atoms with Crippen LogP contribution in [0.25, 0.3) is 0 Å². The summed E-state index contributed by atoms with van der Waals surface area (Å²) in [6, 6.07) is 4.19. The maximum absolute atomic E-state index is 4.67. The summed E-state index contributed by atoms with van der Waals surface area (Å²) in [5.74, 6) is 2.86. The van der Waals surface area contributed by atoms with E-state index in [1.807, 2.05) is 19.3 Å². The van der Waals surface area contributed by atoms with Crippen LogP contribution in [0.5, 0.6) is 0 Å². The molecule has 0 aromatic carbocycles. The van der Waals surface area contributed by atoms with Crippen LogP contribution in [-0.2, 0) is 6.54 Å². The first kappa shape index (κ1) is 25.1. The van der Waals surface area contributed by atoms with Crippen molar-refractivity contribution in [2.75, 3.05) is 71.4 Å². The number of hydrogen-bond donors (Lipinski definition) is 2. The summed E-state index contributed by atoms with van der Waals surface area (Å²) < 4.78 is 0. The Morgan fingerprint density at radius 3 is 2.57 bits per heavy atom. The molecule has 3 heterocycles. The summed E-state index contributed by atoms with van der Waals surface area (Å²) in [5, 5.41) is 6.93. The first-order chi connectivity index (χ1) is 14.2. The van der Waals surface area contributed by atoms with Gasteiger partial charge in [-0.1, -0.05) is 13.0 Å². The molecule has 0 amide bonds. The minimum Gasteiger partial charge on any atom is -0.356 e. The van der Waals surface area contributed by atoms with E-state index in [1.165, 1.54) is 38.0 Å². The van der Waals surface area contributed by atoms with Crippen molar-refractivity contribution in [3.05, 3.63) is 23.9 Å². The Labute approximate surface area is 199 Å². The standard InChI is InChI=1S/C22H39N7.HI/c1-19-7-12-28(13-8-19)11-5-10-25-22(23-2)26-18-20-6-4-9-24-21(20)29-16-14-27(3)15-17-29;/h4,6,9,19H,5,7-8,10-18H2,1-3H3,(H2,23,25,26);1H. The van der Waals surface area contributed by atoms with Crippen molar-refractivity contribution < 1.29 is 0 Å². The number of nitrogens with one attached hydrogen (secondary N) is 2. The minimum absolute atomic E-state index is 0. The van der Waals surface area contributed by atoms with Gasteiger partial charge in [-0.05, 0) is 57.9 Å². The molecule has 0 radical (unpaired) electrons. The van der Waals surface area contributed by atoms with Gasteiger partial charge in [-0.25, -0.2) is 4.98 Å². The zero-order chi connectivity index (χ0) is 20.5. The molecule has 0 unspecified atom stereocenters. The van der Waals surface area contributed by atoms with Crippen molar-refractivity contribution in [2.45, 2.75) is 32.7 Å². The molecular weight excluding hydrogens is 489 g/mol. The number of halogens is 1. The van der Waals surface area contributed by atoms with Crippen LogP contribution in [0.4, 0.5) is 5.82 Å². The number of likely N-dealkylation sites (tertiary alicyclic amines) is 1. The molecule has 2 aliphatic rings. The van der Waals surface area contributed by atoms with Gasteiger partial charge in [0.1, 0.15) is 5.82 Å². The first-order valence-electron chi connectivity index (χ1n) is 11.2. The lowest BCUT2D eigenvalue weighted by atomic mass is 9.99. The van der Waals surface area contributed by atoms with Crippen molar-refractivity contribution >= 4 is 35.8 Å². The van der Waals surface area contributed by atoms with Crippen molar-refractivity contribution in [3.63, 3.8) is 0 Å². The molecule has 2 fully saturated rings. The molecule has 1 aromatic heterocycles. The molecule has 7 nitrogen and oxygen atoms in total.